The van der Waals surface area contributed by atoms with Crippen LogP contribution in [0.1, 0.15) is 41.7 Å². The molecule has 0 aliphatic carbocycles. The van der Waals surface area contributed by atoms with Crippen molar-refractivity contribution in [2.24, 2.45) is 0 Å². The number of rotatable bonds is 0. The Bertz CT molecular complexity index is 576. The molecule has 0 atom stereocenters. The average molecular weight is 393 g/mol. The first-order chi connectivity index (χ1) is 11.7. The maximum Gasteiger partial charge on any atom is 3.00 e. The van der Waals surface area contributed by atoms with Crippen molar-refractivity contribution in [1.82, 2.24) is 9.80 Å². The fourth-order valence-corrected chi connectivity index (χ4v) is 2.69. The van der Waals surface area contributed by atoms with Crippen molar-refractivity contribution in [1.29, 1.82) is 0 Å². The SMILES string of the molecule is CC1=C(C)N(C)[CH-]N1C.Cc1c(C)c(C)[c-](C)c1C.[Fe+3].[c-]1ccccc1. The van der Waals surface area contributed by atoms with E-state index in [1.165, 1.54) is 39.2 Å². The van der Waals surface area contributed by atoms with Crippen LogP contribution in [0.4, 0.5) is 0 Å². The second kappa shape index (κ2) is 11.2. The topological polar surface area (TPSA) is 6.48 Å². The van der Waals surface area contributed by atoms with Gasteiger partial charge in [0.1, 0.15) is 0 Å². The van der Waals surface area contributed by atoms with Crippen LogP contribution in [0, 0.1) is 47.4 Å². The molecule has 1 aliphatic heterocycles. The van der Waals surface area contributed by atoms with Crippen LogP contribution in [-0.4, -0.2) is 23.9 Å². The van der Waals surface area contributed by atoms with E-state index in [1.54, 1.807) is 0 Å². The molecule has 0 fully saturated rings. The smallest absolute Gasteiger partial charge is 0.508 e. The Kier molecular flexibility index (Phi) is 10.5. The number of allylic oxidation sites excluding steroid dienone is 2. The van der Waals surface area contributed by atoms with Gasteiger partial charge in [-0.2, -0.15) is 70.9 Å². The molecule has 2 nitrogen and oxygen atoms in total. The summed E-state index contributed by atoms with van der Waals surface area (Å²) in [5.74, 6) is 0. The van der Waals surface area contributed by atoms with Gasteiger partial charge in [-0.05, 0) is 39.3 Å². The van der Waals surface area contributed by atoms with E-state index < -0.39 is 0 Å². The van der Waals surface area contributed by atoms with Gasteiger partial charge in [-0.25, -0.2) is 0 Å². The Hall–Kier alpha value is -1.57. The van der Waals surface area contributed by atoms with Crippen LogP contribution in [-0.2, 0) is 17.1 Å². The molecule has 0 saturated heterocycles. The van der Waals surface area contributed by atoms with Gasteiger partial charge >= 0.3 is 17.1 Å². The molecule has 0 unspecified atom stereocenters. The largest absolute Gasteiger partial charge is 3.00 e. The summed E-state index contributed by atoms with van der Waals surface area (Å²) in [6.45, 7) is 17.3. The molecule has 143 valence electrons. The van der Waals surface area contributed by atoms with Gasteiger partial charge in [0, 0.05) is 0 Å². The molecular formula is C23H33FeN2. The zero-order valence-electron chi connectivity index (χ0n) is 17.7. The van der Waals surface area contributed by atoms with E-state index >= 15 is 0 Å². The van der Waals surface area contributed by atoms with Gasteiger partial charge in [0.2, 0.25) is 0 Å². The zero-order chi connectivity index (χ0) is 19.1. The van der Waals surface area contributed by atoms with Crippen molar-refractivity contribution in [2.75, 3.05) is 14.1 Å². The first-order valence-electron chi connectivity index (χ1n) is 8.77. The third kappa shape index (κ3) is 6.30. The minimum atomic E-state index is 0. The van der Waals surface area contributed by atoms with Crippen LogP contribution in [0.3, 0.4) is 0 Å². The summed E-state index contributed by atoms with van der Waals surface area (Å²) < 4.78 is 0. The summed E-state index contributed by atoms with van der Waals surface area (Å²) in [5.41, 5.74) is 10.0. The van der Waals surface area contributed by atoms with Crippen molar-refractivity contribution in [3.05, 3.63) is 82.3 Å². The Morgan fingerprint density at radius 2 is 1.15 bits per heavy atom. The fraction of sp³-hybridized carbons (Fsp3) is 0.391. The Balaban J connectivity index is 0.000000364. The van der Waals surface area contributed by atoms with E-state index in [1.807, 2.05) is 30.3 Å². The van der Waals surface area contributed by atoms with Crippen LogP contribution >= 0.6 is 0 Å². The summed E-state index contributed by atoms with van der Waals surface area (Å²) in [5, 5.41) is 0. The van der Waals surface area contributed by atoms with Gasteiger partial charge in [0.05, 0.1) is 0 Å². The minimum Gasteiger partial charge on any atom is -0.508 e. The van der Waals surface area contributed by atoms with E-state index in [-0.39, 0.29) is 17.1 Å². The van der Waals surface area contributed by atoms with Crippen molar-refractivity contribution in [3.8, 4) is 0 Å². The van der Waals surface area contributed by atoms with E-state index in [0.717, 1.165) is 0 Å². The summed E-state index contributed by atoms with van der Waals surface area (Å²) >= 11 is 0. The second-order valence-corrected chi connectivity index (χ2v) is 6.71. The van der Waals surface area contributed by atoms with Gasteiger partial charge < -0.3 is 9.80 Å². The predicted octanol–water partition coefficient (Wildman–Crippen LogP) is 5.67. The van der Waals surface area contributed by atoms with E-state index in [2.05, 4.69) is 85.1 Å². The van der Waals surface area contributed by atoms with Gasteiger partial charge in [0.25, 0.3) is 0 Å². The Morgan fingerprint density at radius 1 is 0.769 bits per heavy atom. The van der Waals surface area contributed by atoms with Crippen LogP contribution in [0.5, 0.6) is 0 Å². The average Bonchev–Trinajstić information content (AvgIpc) is 2.95. The maximum absolute atomic E-state index is 2.89. The van der Waals surface area contributed by atoms with Gasteiger partial charge in [0.15, 0.2) is 0 Å². The predicted molar refractivity (Wildman–Crippen MR) is 109 cm³/mol. The third-order valence-corrected chi connectivity index (χ3v) is 5.35. The summed E-state index contributed by atoms with van der Waals surface area (Å²) in [6, 6.07) is 12.5. The molecule has 1 radical (unpaired) electrons. The van der Waals surface area contributed by atoms with Crippen LogP contribution < -0.4 is 0 Å². The molecule has 26 heavy (non-hydrogen) atoms. The first-order valence-corrected chi connectivity index (χ1v) is 8.77. The number of nitrogens with zero attached hydrogens (tertiary/aromatic N) is 2. The van der Waals surface area contributed by atoms with Crippen molar-refractivity contribution < 1.29 is 17.1 Å². The minimum absolute atomic E-state index is 0. The standard InChI is InChI=1S/C10H15.C7H13N2.C6H5.Fe/c1-6-7(2)9(4)10(5)8(6)3;1-6-7(2)9(4)5-8(6)3;1-2-4-6-5-3-1;/h1-5H3;5H,1-4H3;1-5H;/q3*-1;+3. The number of benzene rings is 1. The Labute approximate surface area is 171 Å². The molecule has 0 amide bonds. The maximum atomic E-state index is 2.89. The van der Waals surface area contributed by atoms with Gasteiger partial charge in [-0.3, -0.25) is 0 Å². The first kappa shape index (κ1) is 24.4. The molecule has 2 aromatic carbocycles. The molecular weight excluding hydrogens is 360 g/mol. The molecule has 1 heterocycles. The molecule has 0 spiro atoms. The van der Waals surface area contributed by atoms with Crippen molar-refractivity contribution >= 4 is 0 Å². The molecule has 3 heteroatoms. The molecule has 3 rings (SSSR count). The van der Waals surface area contributed by atoms with E-state index in [4.69, 9.17) is 0 Å². The molecule has 0 bridgehead atoms. The van der Waals surface area contributed by atoms with Gasteiger partial charge in [-0.15, -0.1) is 0 Å². The van der Waals surface area contributed by atoms with E-state index in [0.29, 0.717) is 0 Å². The number of hydrogen-bond acceptors (Lipinski definition) is 2. The quantitative estimate of drug-likeness (QED) is 0.421. The summed E-state index contributed by atoms with van der Waals surface area (Å²) in [6.07, 6.45) is 0. The van der Waals surface area contributed by atoms with Crippen molar-refractivity contribution in [2.45, 2.75) is 48.5 Å². The zero-order valence-corrected chi connectivity index (χ0v) is 18.8. The number of hydrogen-bond donors (Lipinski definition) is 0. The molecule has 2 aromatic rings. The summed E-state index contributed by atoms with van der Waals surface area (Å²) in [7, 11) is 4.12. The molecule has 0 saturated carbocycles. The fourth-order valence-electron chi connectivity index (χ4n) is 2.69. The monoisotopic (exact) mass is 393 g/mol. The molecule has 0 aromatic heterocycles. The van der Waals surface area contributed by atoms with Crippen LogP contribution in [0.25, 0.3) is 0 Å². The molecule has 1 aliphatic rings. The van der Waals surface area contributed by atoms with Crippen LogP contribution in [0.2, 0.25) is 0 Å². The van der Waals surface area contributed by atoms with Crippen LogP contribution in [0.15, 0.2) is 41.7 Å². The molecule has 0 N–H and O–H groups in total. The van der Waals surface area contributed by atoms with Crippen molar-refractivity contribution in [3.63, 3.8) is 0 Å². The summed E-state index contributed by atoms with van der Waals surface area (Å²) in [4.78, 5) is 4.24. The van der Waals surface area contributed by atoms with E-state index in [9.17, 15) is 0 Å². The Morgan fingerprint density at radius 3 is 1.27 bits per heavy atom. The normalized spacial score (nSPS) is 12.8. The van der Waals surface area contributed by atoms with Gasteiger partial charge in [-0.1, -0.05) is 34.6 Å². The third-order valence-electron chi connectivity index (χ3n) is 5.35. The second-order valence-electron chi connectivity index (χ2n) is 6.71.